The van der Waals surface area contributed by atoms with Gasteiger partial charge in [-0.25, -0.2) is 0 Å². The van der Waals surface area contributed by atoms with Crippen LogP contribution in [0.15, 0.2) is 30.4 Å². The van der Waals surface area contributed by atoms with Gasteiger partial charge >= 0.3 is 5.97 Å². The van der Waals surface area contributed by atoms with Gasteiger partial charge < -0.3 is 20.1 Å². The summed E-state index contributed by atoms with van der Waals surface area (Å²) in [5, 5.41) is 12.9. The van der Waals surface area contributed by atoms with Gasteiger partial charge in [-0.15, -0.1) is 0 Å². The lowest BCUT2D eigenvalue weighted by molar-refractivity contribution is -0.156. The number of esters is 1. The molecule has 33 heavy (non-hydrogen) atoms. The maximum absolute atomic E-state index is 13.7. The average molecular weight is 457 g/mol. The Morgan fingerprint density at radius 2 is 1.85 bits per heavy atom. The lowest BCUT2D eigenvalue weighted by Crippen LogP contribution is -2.49. The Kier molecular flexibility index (Phi) is 7.95. The van der Waals surface area contributed by atoms with Crippen molar-refractivity contribution in [1.82, 2.24) is 4.90 Å². The van der Waals surface area contributed by atoms with E-state index in [1.54, 1.807) is 13.8 Å². The summed E-state index contributed by atoms with van der Waals surface area (Å²) in [7, 11) is 0. The zero-order chi connectivity index (χ0) is 24.3. The molecule has 0 bridgehead atoms. The van der Waals surface area contributed by atoms with Crippen molar-refractivity contribution in [3.05, 3.63) is 41.5 Å². The van der Waals surface area contributed by atoms with E-state index in [9.17, 15) is 19.5 Å². The van der Waals surface area contributed by atoms with E-state index in [0.717, 1.165) is 29.7 Å². The molecule has 0 radical (unpaired) electrons. The van der Waals surface area contributed by atoms with Crippen LogP contribution in [0, 0.1) is 37.5 Å². The number of para-hydroxylation sites is 1. The molecule has 1 aromatic carbocycles. The van der Waals surface area contributed by atoms with Crippen LogP contribution in [0.2, 0.25) is 0 Å². The van der Waals surface area contributed by atoms with Gasteiger partial charge in [0.2, 0.25) is 11.8 Å². The van der Waals surface area contributed by atoms with E-state index in [0.29, 0.717) is 0 Å². The molecule has 7 nitrogen and oxygen atoms in total. The Morgan fingerprint density at radius 1 is 1.18 bits per heavy atom. The number of allylic oxidation sites excluding steroid dienone is 1. The molecule has 1 aromatic rings. The Bertz CT molecular complexity index is 907. The highest BCUT2D eigenvalue weighted by Crippen LogP contribution is 2.46. The Labute approximate surface area is 196 Å². The second-order valence-corrected chi connectivity index (χ2v) is 9.20. The molecule has 1 heterocycles. The fourth-order valence-electron chi connectivity index (χ4n) is 5.39. The van der Waals surface area contributed by atoms with Crippen molar-refractivity contribution in [2.45, 2.75) is 59.5 Å². The summed E-state index contributed by atoms with van der Waals surface area (Å²) in [5.74, 6) is -2.89. The molecule has 0 spiro atoms. The number of carbonyl (C=O) groups excluding carboxylic acids is 3. The normalized spacial score (nSPS) is 27.3. The summed E-state index contributed by atoms with van der Waals surface area (Å²) in [6, 6.07) is 4.40. The minimum absolute atomic E-state index is 0.119. The van der Waals surface area contributed by atoms with Crippen molar-refractivity contribution in [3.8, 4) is 0 Å². The molecule has 0 saturated carbocycles. The fraction of sp³-hybridized carbons (Fsp3) is 0.577. The number of fused-ring (bicyclic) bond motifs is 1. The van der Waals surface area contributed by atoms with Gasteiger partial charge in [-0.1, -0.05) is 43.7 Å². The molecule has 2 amide bonds. The number of anilines is 1. The van der Waals surface area contributed by atoms with E-state index in [-0.39, 0.29) is 30.9 Å². The Balaban J connectivity index is 2.03. The molecule has 0 unspecified atom stereocenters. The number of hydrogen-bond acceptors (Lipinski definition) is 5. The summed E-state index contributed by atoms with van der Waals surface area (Å²) in [6.07, 6.45) is 5.53. The number of aryl methyl sites for hydroxylation is 2. The molecular weight excluding hydrogens is 420 g/mol. The van der Waals surface area contributed by atoms with Gasteiger partial charge in [0, 0.05) is 11.6 Å². The highest BCUT2D eigenvalue weighted by molar-refractivity contribution is 6.02. The first-order valence-corrected chi connectivity index (χ1v) is 11.9. The van der Waals surface area contributed by atoms with Gasteiger partial charge in [-0.05, 0) is 51.2 Å². The minimum Gasteiger partial charge on any atom is -0.466 e. The average Bonchev–Trinajstić information content (AvgIpc) is 3.08. The molecule has 7 heteroatoms. The van der Waals surface area contributed by atoms with Gasteiger partial charge in [0.1, 0.15) is 6.04 Å². The van der Waals surface area contributed by atoms with Crippen LogP contribution in [0.3, 0.4) is 0 Å². The van der Waals surface area contributed by atoms with Crippen molar-refractivity contribution in [3.63, 3.8) is 0 Å². The van der Waals surface area contributed by atoms with Crippen LogP contribution in [0.1, 0.15) is 44.7 Å². The second-order valence-electron chi connectivity index (χ2n) is 9.20. The van der Waals surface area contributed by atoms with Crippen LogP contribution in [-0.4, -0.2) is 53.1 Å². The third-order valence-corrected chi connectivity index (χ3v) is 6.97. The van der Waals surface area contributed by atoms with E-state index in [1.807, 2.05) is 51.1 Å². The number of rotatable bonds is 8. The molecule has 6 atom stereocenters. The number of aliphatic hydroxyl groups is 1. The first-order chi connectivity index (χ1) is 15.8. The van der Waals surface area contributed by atoms with Gasteiger partial charge in [0.15, 0.2) is 0 Å². The van der Waals surface area contributed by atoms with Gasteiger partial charge in [-0.3, -0.25) is 14.4 Å². The number of ether oxygens (including phenoxy) is 1. The molecule has 180 valence electrons. The van der Waals surface area contributed by atoms with E-state index >= 15 is 0 Å². The monoisotopic (exact) mass is 456 g/mol. The lowest BCUT2D eigenvalue weighted by atomic mass is 9.69. The number of hydrogen-bond donors (Lipinski definition) is 2. The van der Waals surface area contributed by atoms with Crippen LogP contribution in [0.25, 0.3) is 0 Å². The van der Waals surface area contributed by atoms with E-state index in [4.69, 9.17) is 4.74 Å². The Hall–Kier alpha value is -2.67. The van der Waals surface area contributed by atoms with Crippen LogP contribution >= 0.6 is 0 Å². The largest absolute Gasteiger partial charge is 0.466 e. The van der Waals surface area contributed by atoms with Crippen LogP contribution in [0.4, 0.5) is 5.69 Å². The van der Waals surface area contributed by atoms with Crippen LogP contribution in [0.5, 0.6) is 0 Å². The second kappa shape index (κ2) is 10.5. The maximum Gasteiger partial charge on any atom is 0.310 e. The van der Waals surface area contributed by atoms with Crippen LogP contribution < -0.4 is 5.32 Å². The van der Waals surface area contributed by atoms with E-state index < -0.39 is 35.8 Å². The van der Waals surface area contributed by atoms with Crippen molar-refractivity contribution in [2.75, 3.05) is 18.5 Å². The molecule has 1 saturated heterocycles. The Morgan fingerprint density at radius 3 is 2.42 bits per heavy atom. The molecular formula is C26H36N2O5. The highest BCUT2D eigenvalue weighted by atomic mass is 16.5. The number of nitrogens with one attached hydrogen (secondary N) is 1. The number of benzene rings is 1. The van der Waals surface area contributed by atoms with Crippen molar-refractivity contribution in [1.29, 1.82) is 0 Å². The third kappa shape index (κ3) is 4.69. The molecule has 1 fully saturated rings. The van der Waals surface area contributed by atoms with Crippen molar-refractivity contribution >= 4 is 23.5 Å². The summed E-state index contributed by atoms with van der Waals surface area (Å²) in [4.78, 5) is 41.8. The van der Waals surface area contributed by atoms with Gasteiger partial charge in [0.25, 0.3) is 0 Å². The first-order valence-electron chi connectivity index (χ1n) is 11.9. The number of nitrogens with zero attached hydrogens (tertiary/aromatic N) is 1. The van der Waals surface area contributed by atoms with Crippen molar-refractivity contribution in [2.24, 2.45) is 23.7 Å². The summed E-state index contributed by atoms with van der Waals surface area (Å²) in [5.41, 5.74) is 2.58. The van der Waals surface area contributed by atoms with Crippen LogP contribution in [-0.2, 0) is 19.1 Å². The third-order valence-electron chi connectivity index (χ3n) is 6.97. The fourth-order valence-corrected chi connectivity index (χ4v) is 5.39. The zero-order valence-electron chi connectivity index (χ0n) is 20.2. The molecule has 2 aliphatic rings. The molecule has 3 rings (SSSR count). The minimum atomic E-state index is -0.820. The smallest absolute Gasteiger partial charge is 0.310 e. The first kappa shape index (κ1) is 25.0. The van der Waals surface area contributed by atoms with Gasteiger partial charge in [0.05, 0.1) is 31.1 Å². The molecule has 1 aliphatic heterocycles. The summed E-state index contributed by atoms with van der Waals surface area (Å²) >= 11 is 0. The number of aliphatic hydroxyl groups excluding tert-OH is 1. The SMILES string of the molecule is CCC[C@@H]1C=C[C@H]2[C@H](C(=O)N([C@H](C)CO)[C@@H]2C(=O)Nc2c(C)cccc2C)[C@@H]1C(=O)OCC. The quantitative estimate of drug-likeness (QED) is 0.463. The van der Waals surface area contributed by atoms with E-state index in [2.05, 4.69) is 5.32 Å². The lowest BCUT2D eigenvalue weighted by Gasteiger charge is -2.34. The predicted molar refractivity (Wildman–Crippen MR) is 126 cm³/mol. The molecule has 2 N–H and O–H groups in total. The van der Waals surface area contributed by atoms with Crippen molar-refractivity contribution < 1.29 is 24.2 Å². The number of likely N-dealkylation sites (tertiary alicyclic amines) is 1. The summed E-state index contributed by atoms with van der Waals surface area (Å²) in [6.45, 7) is 9.32. The maximum atomic E-state index is 13.7. The summed E-state index contributed by atoms with van der Waals surface area (Å²) < 4.78 is 5.37. The number of carbonyl (C=O) groups is 3. The zero-order valence-corrected chi connectivity index (χ0v) is 20.2. The van der Waals surface area contributed by atoms with E-state index in [1.165, 1.54) is 4.90 Å². The molecule has 1 aliphatic carbocycles. The molecule has 0 aromatic heterocycles. The number of amides is 2. The predicted octanol–water partition coefficient (Wildman–Crippen LogP) is 3.23. The van der Waals surface area contributed by atoms with Gasteiger partial charge in [-0.2, -0.15) is 0 Å². The standard InChI is InChI=1S/C26H36N2O5/c1-6-9-18-12-13-19-21(20(18)26(32)33-7-2)25(31)28(17(5)14-29)23(19)24(30)27-22-15(3)10-8-11-16(22)4/h8,10-13,17-21,23,29H,6-7,9,14H2,1-5H3,(H,27,30)/t17-,18-,19+,20-,21+,23+/m1/s1. The topological polar surface area (TPSA) is 95.9 Å². The highest BCUT2D eigenvalue weighted by Gasteiger charge is 2.58.